The zero-order valence-electron chi connectivity index (χ0n) is 21.7. The number of halogens is 4. The van der Waals surface area contributed by atoms with Crippen molar-refractivity contribution < 1.29 is 22.7 Å². The van der Waals surface area contributed by atoms with Crippen molar-refractivity contribution in [1.82, 2.24) is 20.2 Å². The highest BCUT2D eigenvalue weighted by Gasteiger charge is 2.26. The molecule has 1 aliphatic carbocycles. The molecular weight excluding hydrogens is 551 g/mol. The molecule has 1 amide bonds. The van der Waals surface area contributed by atoms with Gasteiger partial charge < -0.3 is 9.72 Å². The fourth-order valence-electron chi connectivity index (χ4n) is 4.13. The second-order valence-corrected chi connectivity index (χ2v) is 9.93. The van der Waals surface area contributed by atoms with Crippen molar-refractivity contribution in [2.24, 2.45) is 16.4 Å². The number of hydrogen-bond acceptors (Lipinski definition) is 6. The average Bonchev–Trinajstić information content (AvgIpc) is 3.64. The van der Waals surface area contributed by atoms with Crippen LogP contribution < -0.4 is 20.7 Å². The Morgan fingerprint density at radius 1 is 1.25 bits per heavy atom. The van der Waals surface area contributed by atoms with E-state index in [1.165, 1.54) is 12.1 Å². The highest BCUT2D eigenvalue weighted by molar-refractivity contribution is 6.33. The monoisotopic (exact) mass is 579 g/mol. The average molecular weight is 580 g/mol. The van der Waals surface area contributed by atoms with Crippen LogP contribution in [0.15, 0.2) is 51.8 Å². The van der Waals surface area contributed by atoms with Crippen LogP contribution in [-0.2, 0) is 11.3 Å². The minimum absolute atomic E-state index is 0.0739. The van der Waals surface area contributed by atoms with E-state index in [-0.39, 0.29) is 12.1 Å². The predicted octanol–water partition coefficient (Wildman–Crippen LogP) is 5.93. The van der Waals surface area contributed by atoms with Crippen molar-refractivity contribution in [3.63, 3.8) is 0 Å². The first-order chi connectivity index (χ1) is 19.1. The number of carbonyl (C=O) groups excluding carboxylic acids is 1. The van der Waals surface area contributed by atoms with Gasteiger partial charge in [-0.05, 0) is 84.4 Å². The second-order valence-electron chi connectivity index (χ2n) is 9.52. The van der Waals surface area contributed by atoms with Gasteiger partial charge >= 0.3 is 6.18 Å². The summed E-state index contributed by atoms with van der Waals surface area (Å²) in [5, 5.41) is 13.6. The van der Waals surface area contributed by atoms with Crippen LogP contribution in [0.3, 0.4) is 0 Å². The van der Waals surface area contributed by atoms with Crippen molar-refractivity contribution in [2.75, 3.05) is 18.7 Å². The van der Waals surface area contributed by atoms with Gasteiger partial charge in [-0.15, -0.1) is 0 Å². The normalized spacial score (nSPS) is 13.5. The highest BCUT2D eigenvalue weighted by Crippen LogP contribution is 2.36. The molecule has 40 heavy (non-hydrogen) atoms. The van der Waals surface area contributed by atoms with E-state index in [0.717, 1.165) is 19.4 Å². The van der Waals surface area contributed by atoms with Gasteiger partial charge in [0.25, 0.3) is 5.56 Å². The molecule has 1 aliphatic rings. The fraction of sp³-hybridized carbons (Fsp3) is 0.423. The van der Waals surface area contributed by atoms with Gasteiger partial charge in [-0.25, -0.2) is 10.4 Å². The quantitative estimate of drug-likeness (QED) is 0.106. The number of aromatic nitrogens is 3. The topological polar surface area (TPSA) is 117 Å². The van der Waals surface area contributed by atoms with Gasteiger partial charge in [-0.2, -0.15) is 18.3 Å². The number of nitrogens with zero attached hydrogens (tertiary/aromatic N) is 5. The van der Waals surface area contributed by atoms with Gasteiger partial charge in [0.1, 0.15) is 17.1 Å². The van der Waals surface area contributed by atoms with Gasteiger partial charge in [-0.1, -0.05) is 11.6 Å². The Morgan fingerprint density at radius 2 is 2.00 bits per heavy atom. The Bertz CT molecular complexity index is 1390. The number of nitrogens with one attached hydrogen (secondary N) is 2. The second kappa shape index (κ2) is 13.0. The first-order valence-electron chi connectivity index (χ1n) is 12.8. The summed E-state index contributed by atoms with van der Waals surface area (Å²) >= 11 is 6.56. The molecule has 0 bridgehead atoms. The van der Waals surface area contributed by atoms with Gasteiger partial charge in [0, 0.05) is 37.5 Å². The molecule has 1 aromatic carbocycles. The summed E-state index contributed by atoms with van der Waals surface area (Å²) in [6.07, 6.45) is 0.434. The van der Waals surface area contributed by atoms with Gasteiger partial charge in [0.15, 0.2) is 0 Å². The molecule has 0 aliphatic heterocycles. The number of hydrogen-bond donors (Lipinski definition) is 2. The number of anilines is 1. The van der Waals surface area contributed by atoms with Gasteiger partial charge in [0.2, 0.25) is 6.41 Å². The molecule has 2 heterocycles. The van der Waals surface area contributed by atoms with E-state index in [9.17, 15) is 22.8 Å². The lowest BCUT2D eigenvalue weighted by Crippen LogP contribution is -2.22. The highest BCUT2D eigenvalue weighted by atomic mass is 35.5. The summed E-state index contributed by atoms with van der Waals surface area (Å²) in [6.45, 7) is 1.03. The molecule has 0 saturated heterocycles. The third-order valence-corrected chi connectivity index (χ3v) is 6.55. The van der Waals surface area contributed by atoms with Gasteiger partial charge in [0.05, 0.1) is 11.6 Å². The van der Waals surface area contributed by atoms with E-state index in [4.69, 9.17) is 16.3 Å². The standard InChI is InChI=1S/C26H29ClF3N7O3/c1-36(35-34-31-16-38)24-20(23-21(27)15-37(33-23)14-17-5-6-17)13-22(32-25(24)39)18-7-9-19(10-8-18)40-12-4-2-3-11-26(28,29)30/h7-10,13,15-17H,2-6,11-12,14H2,1H3,(H,32,39)(H,31,35,38). The van der Waals surface area contributed by atoms with E-state index in [1.54, 1.807) is 41.2 Å². The molecule has 1 saturated carbocycles. The lowest BCUT2D eigenvalue weighted by atomic mass is 10.1. The molecule has 10 nitrogen and oxygen atoms in total. The van der Waals surface area contributed by atoms with E-state index >= 15 is 0 Å². The lowest BCUT2D eigenvalue weighted by molar-refractivity contribution is -0.135. The zero-order valence-corrected chi connectivity index (χ0v) is 22.5. The number of aromatic amines is 1. The van der Waals surface area contributed by atoms with Crippen molar-refractivity contribution in [3.8, 4) is 28.3 Å². The predicted molar refractivity (Wildman–Crippen MR) is 144 cm³/mol. The Hall–Kier alpha value is -3.87. The number of amides is 1. The van der Waals surface area contributed by atoms with Crippen LogP contribution >= 0.6 is 11.6 Å². The molecule has 3 aromatic rings. The Morgan fingerprint density at radius 3 is 2.67 bits per heavy atom. The third-order valence-electron chi connectivity index (χ3n) is 6.27. The van der Waals surface area contributed by atoms with E-state index < -0.39 is 18.2 Å². The molecule has 0 spiro atoms. The molecule has 214 valence electrons. The number of pyridine rings is 1. The molecule has 1 fully saturated rings. The van der Waals surface area contributed by atoms with Crippen LogP contribution in [0, 0.1) is 5.92 Å². The van der Waals surface area contributed by atoms with Crippen LogP contribution in [-0.4, -0.2) is 41.0 Å². The largest absolute Gasteiger partial charge is 0.494 e. The third kappa shape index (κ3) is 8.07. The molecular formula is C26H29ClF3N7O3. The summed E-state index contributed by atoms with van der Waals surface area (Å²) < 4.78 is 44.2. The molecule has 0 atom stereocenters. The molecule has 0 unspecified atom stereocenters. The minimum atomic E-state index is -4.13. The Kier molecular flexibility index (Phi) is 9.46. The summed E-state index contributed by atoms with van der Waals surface area (Å²) in [5.74, 6) is 1.12. The first-order valence-corrected chi connectivity index (χ1v) is 13.2. The zero-order chi connectivity index (χ0) is 28.7. The van der Waals surface area contributed by atoms with Crippen molar-refractivity contribution >= 4 is 23.7 Å². The van der Waals surface area contributed by atoms with Crippen molar-refractivity contribution in [1.29, 1.82) is 0 Å². The molecule has 2 N–H and O–H groups in total. The van der Waals surface area contributed by atoms with Crippen LogP contribution in [0.25, 0.3) is 22.5 Å². The van der Waals surface area contributed by atoms with Gasteiger partial charge in [-0.3, -0.25) is 14.3 Å². The summed E-state index contributed by atoms with van der Waals surface area (Å²) in [5.41, 5.74) is 3.71. The molecule has 14 heteroatoms. The Labute approximate surface area is 233 Å². The number of carbonyl (C=O) groups is 1. The number of rotatable bonds is 14. The summed E-state index contributed by atoms with van der Waals surface area (Å²) in [6, 6.07) is 8.71. The first kappa shape index (κ1) is 29.1. The van der Waals surface area contributed by atoms with E-state index in [0.29, 0.717) is 65.1 Å². The molecule has 4 rings (SSSR count). The lowest BCUT2D eigenvalue weighted by Gasteiger charge is -2.16. The number of H-pyrrole nitrogens is 1. The SMILES string of the molecule is CN(/N=N\NC=O)c1c(-c2nn(CC3CC3)cc2Cl)cc(-c2ccc(OCCCCCC(F)(F)F)cc2)[nH]c1=O. The molecule has 0 radical (unpaired) electrons. The van der Waals surface area contributed by atoms with Crippen LogP contribution in [0.1, 0.15) is 38.5 Å². The maximum absolute atomic E-state index is 13.3. The number of benzene rings is 1. The van der Waals surface area contributed by atoms with Crippen molar-refractivity contribution in [2.45, 2.75) is 51.2 Å². The van der Waals surface area contributed by atoms with Crippen LogP contribution in [0.5, 0.6) is 5.75 Å². The number of ether oxygens (including phenoxy) is 1. The van der Waals surface area contributed by atoms with E-state index in [2.05, 4.69) is 26.0 Å². The van der Waals surface area contributed by atoms with Crippen LogP contribution in [0.4, 0.5) is 18.9 Å². The maximum Gasteiger partial charge on any atom is 0.389 e. The summed E-state index contributed by atoms with van der Waals surface area (Å²) in [7, 11) is 1.51. The fourth-order valence-corrected chi connectivity index (χ4v) is 4.39. The summed E-state index contributed by atoms with van der Waals surface area (Å²) in [4.78, 5) is 26.7. The minimum Gasteiger partial charge on any atom is -0.494 e. The number of alkyl halides is 3. The molecule has 2 aromatic heterocycles. The Balaban J connectivity index is 1.55. The van der Waals surface area contributed by atoms with E-state index in [1.807, 2.05) is 0 Å². The number of unbranched alkanes of at least 4 members (excludes halogenated alkanes) is 2. The van der Waals surface area contributed by atoms with Crippen molar-refractivity contribution in [3.05, 3.63) is 51.9 Å². The maximum atomic E-state index is 13.3. The van der Waals surface area contributed by atoms with Crippen LogP contribution in [0.2, 0.25) is 5.02 Å². The smallest absolute Gasteiger partial charge is 0.389 e.